The summed E-state index contributed by atoms with van der Waals surface area (Å²) in [6.07, 6.45) is 4.63. The van der Waals surface area contributed by atoms with Gasteiger partial charge in [-0.25, -0.2) is 0 Å². The van der Waals surface area contributed by atoms with Crippen molar-refractivity contribution in [1.82, 2.24) is 0 Å². The van der Waals surface area contributed by atoms with Crippen LogP contribution in [0.25, 0.3) is 0 Å². The van der Waals surface area contributed by atoms with E-state index in [4.69, 9.17) is 15.2 Å². The monoisotopic (exact) mass is 249 g/mol. The highest BCUT2D eigenvalue weighted by atomic mass is 16.5. The fraction of sp³-hybridized carbons (Fsp3) is 0.600. The third kappa shape index (κ3) is 3.47. The zero-order chi connectivity index (χ0) is 12.8. The zero-order valence-electron chi connectivity index (χ0n) is 11.1. The summed E-state index contributed by atoms with van der Waals surface area (Å²) in [6.45, 7) is 3.70. The molecule has 3 heteroatoms. The van der Waals surface area contributed by atoms with Crippen molar-refractivity contribution >= 4 is 0 Å². The number of benzene rings is 1. The molecule has 0 bridgehead atoms. The van der Waals surface area contributed by atoms with Crippen LogP contribution in [-0.4, -0.2) is 19.3 Å². The lowest BCUT2D eigenvalue weighted by Crippen LogP contribution is -2.14. The summed E-state index contributed by atoms with van der Waals surface area (Å²) in [7, 11) is 0. The van der Waals surface area contributed by atoms with Crippen LogP contribution in [0.5, 0.6) is 5.75 Å². The second kappa shape index (κ2) is 6.76. The first-order valence-corrected chi connectivity index (χ1v) is 6.90. The molecule has 1 aromatic carbocycles. The van der Waals surface area contributed by atoms with Crippen molar-refractivity contribution < 1.29 is 9.47 Å². The van der Waals surface area contributed by atoms with Crippen LogP contribution in [0.1, 0.15) is 44.2 Å². The van der Waals surface area contributed by atoms with Crippen molar-refractivity contribution in [1.29, 1.82) is 0 Å². The van der Waals surface area contributed by atoms with Crippen molar-refractivity contribution in [3.05, 3.63) is 29.8 Å². The van der Waals surface area contributed by atoms with E-state index in [1.54, 1.807) is 0 Å². The molecule has 0 saturated carbocycles. The van der Waals surface area contributed by atoms with Crippen LogP contribution in [0, 0.1) is 0 Å². The lowest BCUT2D eigenvalue weighted by molar-refractivity contribution is 0.0901. The molecule has 1 aliphatic heterocycles. The fourth-order valence-corrected chi connectivity index (χ4v) is 2.31. The first-order chi connectivity index (χ1) is 8.81. The largest absolute Gasteiger partial charge is 0.493 e. The molecule has 0 amide bonds. The van der Waals surface area contributed by atoms with Gasteiger partial charge in [-0.2, -0.15) is 0 Å². The minimum absolute atomic E-state index is 0.0592. The van der Waals surface area contributed by atoms with E-state index in [0.29, 0.717) is 12.7 Å². The molecule has 0 aromatic heterocycles. The van der Waals surface area contributed by atoms with Gasteiger partial charge >= 0.3 is 0 Å². The highest BCUT2D eigenvalue weighted by Crippen LogP contribution is 2.26. The summed E-state index contributed by atoms with van der Waals surface area (Å²) in [5.41, 5.74) is 7.19. The lowest BCUT2D eigenvalue weighted by Gasteiger charge is -2.16. The molecule has 2 unspecified atom stereocenters. The molecule has 18 heavy (non-hydrogen) atoms. The molecular formula is C15H23NO2. The first-order valence-electron chi connectivity index (χ1n) is 6.90. The number of nitrogens with two attached hydrogens (primary N) is 1. The summed E-state index contributed by atoms with van der Waals surface area (Å²) in [5, 5.41) is 0. The van der Waals surface area contributed by atoms with Crippen molar-refractivity contribution in [3.8, 4) is 5.75 Å². The molecule has 0 aliphatic carbocycles. The maximum atomic E-state index is 6.08. The third-order valence-electron chi connectivity index (χ3n) is 3.48. The van der Waals surface area contributed by atoms with E-state index >= 15 is 0 Å². The summed E-state index contributed by atoms with van der Waals surface area (Å²) >= 11 is 0. The predicted octanol–water partition coefficient (Wildman–Crippen LogP) is 3.04. The molecule has 1 aromatic rings. The molecule has 3 nitrogen and oxygen atoms in total. The van der Waals surface area contributed by atoms with Crippen molar-refractivity contribution in [2.24, 2.45) is 5.73 Å². The van der Waals surface area contributed by atoms with E-state index in [1.807, 2.05) is 18.2 Å². The topological polar surface area (TPSA) is 44.5 Å². The maximum absolute atomic E-state index is 6.08. The molecule has 2 rings (SSSR count). The smallest absolute Gasteiger partial charge is 0.124 e. The zero-order valence-corrected chi connectivity index (χ0v) is 11.1. The Kier molecular flexibility index (Phi) is 5.02. The van der Waals surface area contributed by atoms with Gasteiger partial charge in [0.05, 0.1) is 12.7 Å². The lowest BCUT2D eigenvalue weighted by atomic mass is 10.0. The third-order valence-corrected chi connectivity index (χ3v) is 3.48. The summed E-state index contributed by atoms with van der Waals surface area (Å²) in [5.74, 6) is 0.921. The minimum Gasteiger partial charge on any atom is -0.493 e. The van der Waals surface area contributed by atoms with Gasteiger partial charge in [-0.05, 0) is 25.3 Å². The van der Waals surface area contributed by atoms with Crippen LogP contribution in [-0.2, 0) is 4.74 Å². The Labute approximate surface area is 109 Å². The van der Waals surface area contributed by atoms with Crippen LogP contribution in [0.2, 0.25) is 0 Å². The minimum atomic E-state index is 0.0592. The Morgan fingerprint density at radius 1 is 1.44 bits per heavy atom. The Hall–Kier alpha value is -1.06. The second-order valence-electron chi connectivity index (χ2n) is 4.82. The standard InChI is InChI=1S/C15H23NO2/c1-2-14(16)13-7-3-4-8-15(13)18-11-9-12-6-5-10-17-12/h3-4,7-8,12,14H,2,5-6,9-11,16H2,1H3. The van der Waals surface area contributed by atoms with Crippen LogP contribution < -0.4 is 10.5 Å². The highest BCUT2D eigenvalue weighted by molar-refractivity contribution is 5.35. The van der Waals surface area contributed by atoms with E-state index in [-0.39, 0.29) is 6.04 Å². The summed E-state index contributed by atoms with van der Waals surface area (Å²) in [4.78, 5) is 0. The molecule has 2 N–H and O–H groups in total. The van der Waals surface area contributed by atoms with Crippen LogP contribution >= 0.6 is 0 Å². The molecule has 100 valence electrons. The van der Waals surface area contributed by atoms with Crippen LogP contribution in [0.15, 0.2) is 24.3 Å². The molecular weight excluding hydrogens is 226 g/mol. The van der Waals surface area contributed by atoms with Gasteiger partial charge in [0.1, 0.15) is 5.75 Å². The van der Waals surface area contributed by atoms with Gasteiger partial charge in [-0.3, -0.25) is 0 Å². The molecule has 0 radical (unpaired) electrons. The summed E-state index contributed by atoms with van der Waals surface area (Å²) < 4.78 is 11.4. The number of rotatable bonds is 6. The van der Waals surface area contributed by atoms with E-state index < -0.39 is 0 Å². The van der Waals surface area contributed by atoms with Crippen molar-refractivity contribution in [3.63, 3.8) is 0 Å². The number of ether oxygens (including phenoxy) is 2. The Morgan fingerprint density at radius 3 is 3.00 bits per heavy atom. The van der Waals surface area contributed by atoms with E-state index in [1.165, 1.54) is 12.8 Å². The summed E-state index contributed by atoms with van der Waals surface area (Å²) in [6, 6.07) is 8.12. The number of hydrogen-bond acceptors (Lipinski definition) is 3. The van der Waals surface area contributed by atoms with Gasteiger partial charge in [-0.15, -0.1) is 0 Å². The van der Waals surface area contributed by atoms with Gasteiger partial charge in [-0.1, -0.05) is 25.1 Å². The van der Waals surface area contributed by atoms with Gasteiger partial charge in [0, 0.05) is 24.6 Å². The molecule has 1 fully saturated rings. The number of hydrogen-bond donors (Lipinski definition) is 1. The van der Waals surface area contributed by atoms with Gasteiger partial charge < -0.3 is 15.2 Å². The molecule has 0 spiro atoms. The fourth-order valence-electron chi connectivity index (χ4n) is 2.31. The SMILES string of the molecule is CCC(N)c1ccccc1OCCC1CCCO1. The quantitative estimate of drug-likeness (QED) is 0.842. The second-order valence-corrected chi connectivity index (χ2v) is 4.82. The molecule has 1 saturated heterocycles. The van der Waals surface area contributed by atoms with E-state index in [9.17, 15) is 0 Å². The maximum Gasteiger partial charge on any atom is 0.124 e. The average Bonchev–Trinajstić information content (AvgIpc) is 2.92. The van der Waals surface area contributed by atoms with E-state index in [2.05, 4.69) is 13.0 Å². The van der Waals surface area contributed by atoms with Crippen LogP contribution in [0.4, 0.5) is 0 Å². The first kappa shape index (κ1) is 13.4. The van der Waals surface area contributed by atoms with Gasteiger partial charge in [0.25, 0.3) is 0 Å². The van der Waals surface area contributed by atoms with E-state index in [0.717, 1.165) is 30.8 Å². The molecule has 1 heterocycles. The van der Waals surface area contributed by atoms with Gasteiger partial charge in [0.15, 0.2) is 0 Å². The Morgan fingerprint density at radius 2 is 2.28 bits per heavy atom. The normalized spacial score (nSPS) is 20.9. The predicted molar refractivity (Wildman–Crippen MR) is 72.7 cm³/mol. The van der Waals surface area contributed by atoms with Crippen molar-refractivity contribution in [2.75, 3.05) is 13.2 Å². The highest BCUT2D eigenvalue weighted by Gasteiger charge is 2.16. The van der Waals surface area contributed by atoms with Gasteiger partial charge in [0.2, 0.25) is 0 Å². The number of para-hydroxylation sites is 1. The van der Waals surface area contributed by atoms with Crippen molar-refractivity contribution in [2.45, 2.75) is 44.8 Å². The Balaban J connectivity index is 1.87. The molecule has 2 atom stereocenters. The average molecular weight is 249 g/mol. The Bertz CT molecular complexity index is 361. The molecule has 1 aliphatic rings. The van der Waals surface area contributed by atoms with Crippen LogP contribution in [0.3, 0.4) is 0 Å².